The standard InChI is InChI=1S/C12H8ClFN2OS/c1-6(13)11-15-16-12(17-11)10-4-7-2-3-8(14)5-9(7)18-10/h2-6H,1H3. The number of hydrogen-bond donors (Lipinski definition) is 0. The Morgan fingerprint density at radius 2 is 2.17 bits per heavy atom. The minimum Gasteiger partial charge on any atom is -0.418 e. The Bertz CT molecular complexity index is 707. The molecule has 0 aliphatic rings. The number of rotatable bonds is 2. The zero-order valence-electron chi connectivity index (χ0n) is 9.35. The van der Waals surface area contributed by atoms with E-state index in [-0.39, 0.29) is 11.2 Å². The van der Waals surface area contributed by atoms with Crippen LogP contribution >= 0.6 is 22.9 Å². The summed E-state index contributed by atoms with van der Waals surface area (Å²) in [7, 11) is 0. The van der Waals surface area contributed by atoms with Crippen molar-refractivity contribution in [3.63, 3.8) is 0 Å². The molecule has 0 fully saturated rings. The first-order valence-corrected chi connectivity index (χ1v) is 6.56. The van der Waals surface area contributed by atoms with Crippen molar-refractivity contribution in [2.75, 3.05) is 0 Å². The van der Waals surface area contributed by atoms with Gasteiger partial charge in [0.15, 0.2) is 0 Å². The van der Waals surface area contributed by atoms with Crippen molar-refractivity contribution in [1.82, 2.24) is 10.2 Å². The number of benzene rings is 1. The van der Waals surface area contributed by atoms with Gasteiger partial charge in [0.1, 0.15) is 11.2 Å². The minimum absolute atomic E-state index is 0.253. The molecule has 1 unspecified atom stereocenters. The quantitative estimate of drug-likeness (QED) is 0.654. The third-order valence-electron chi connectivity index (χ3n) is 2.47. The molecule has 1 atom stereocenters. The summed E-state index contributed by atoms with van der Waals surface area (Å²) < 4.78 is 19.4. The van der Waals surface area contributed by atoms with Gasteiger partial charge in [-0.1, -0.05) is 6.07 Å². The largest absolute Gasteiger partial charge is 0.418 e. The second kappa shape index (κ2) is 4.33. The van der Waals surface area contributed by atoms with Gasteiger partial charge in [-0.2, -0.15) is 0 Å². The Balaban J connectivity index is 2.07. The van der Waals surface area contributed by atoms with Crippen molar-refractivity contribution in [1.29, 1.82) is 0 Å². The average Bonchev–Trinajstić information content (AvgIpc) is 2.93. The number of thiophene rings is 1. The molecule has 0 bridgehead atoms. The molecule has 6 heteroatoms. The second-order valence-electron chi connectivity index (χ2n) is 3.85. The number of hydrogen-bond acceptors (Lipinski definition) is 4. The summed E-state index contributed by atoms with van der Waals surface area (Å²) in [6, 6.07) is 6.55. The van der Waals surface area contributed by atoms with Crippen LogP contribution in [0.1, 0.15) is 18.2 Å². The molecule has 1 aromatic carbocycles. The van der Waals surface area contributed by atoms with Crippen LogP contribution in [0.2, 0.25) is 0 Å². The lowest BCUT2D eigenvalue weighted by atomic mass is 10.2. The van der Waals surface area contributed by atoms with Crippen LogP contribution in [0.3, 0.4) is 0 Å². The minimum atomic E-state index is -0.321. The van der Waals surface area contributed by atoms with E-state index in [2.05, 4.69) is 10.2 Å². The smallest absolute Gasteiger partial charge is 0.257 e. The fourth-order valence-electron chi connectivity index (χ4n) is 1.61. The number of alkyl halides is 1. The molecular formula is C12H8ClFN2OS. The van der Waals surface area contributed by atoms with Crippen LogP contribution in [0.25, 0.3) is 20.9 Å². The van der Waals surface area contributed by atoms with Gasteiger partial charge in [-0.05, 0) is 30.5 Å². The maximum Gasteiger partial charge on any atom is 0.257 e. The monoisotopic (exact) mass is 282 g/mol. The fourth-order valence-corrected chi connectivity index (χ4v) is 2.70. The van der Waals surface area contributed by atoms with Gasteiger partial charge in [0.25, 0.3) is 5.89 Å². The Hall–Kier alpha value is -1.46. The van der Waals surface area contributed by atoms with Gasteiger partial charge in [0, 0.05) is 4.70 Å². The first kappa shape index (κ1) is 11.6. The molecule has 0 saturated carbocycles. The highest BCUT2D eigenvalue weighted by molar-refractivity contribution is 7.22. The predicted molar refractivity (Wildman–Crippen MR) is 69.3 cm³/mol. The SMILES string of the molecule is CC(Cl)c1nnc(-c2cc3ccc(F)cc3s2)o1. The number of halogens is 2. The van der Waals surface area contributed by atoms with Crippen molar-refractivity contribution in [3.05, 3.63) is 36.0 Å². The van der Waals surface area contributed by atoms with E-state index in [0.29, 0.717) is 11.8 Å². The first-order chi connectivity index (χ1) is 8.63. The number of fused-ring (bicyclic) bond motifs is 1. The van der Waals surface area contributed by atoms with Crippen LogP contribution in [-0.2, 0) is 0 Å². The predicted octanol–water partition coefficient (Wildman–Crippen LogP) is 4.39. The lowest BCUT2D eigenvalue weighted by Crippen LogP contribution is -1.81. The third kappa shape index (κ3) is 2.00. The molecule has 0 aliphatic heterocycles. The number of aromatic nitrogens is 2. The Morgan fingerprint density at radius 1 is 1.33 bits per heavy atom. The van der Waals surface area contributed by atoms with Crippen molar-refractivity contribution >= 4 is 33.0 Å². The van der Waals surface area contributed by atoms with E-state index in [4.69, 9.17) is 16.0 Å². The van der Waals surface area contributed by atoms with Gasteiger partial charge in [-0.15, -0.1) is 33.1 Å². The molecular weight excluding hydrogens is 275 g/mol. The summed E-state index contributed by atoms with van der Waals surface area (Å²) in [6.45, 7) is 1.76. The molecule has 92 valence electrons. The van der Waals surface area contributed by atoms with Gasteiger partial charge in [0.2, 0.25) is 5.89 Å². The molecule has 3 nitrogen and oxygen atoms in total. The highest BCUT2D eigenvalue weighted by Crippen LogP contribution is 2.34. The Kier molecular flexibility index (Phi) is 2.80. The number of nitrogens with zero attached hydrogens (tertiary/aromatic N) is 2. The maximum atomic E-state index is 13.1. The normalized spacial score (nSPS) is 13.1. The van der Waals surface area contributed by atoms with Crippen molar-refractivity contribution in [2.45, 2.75) is 12.3 Å². The lowest BCUT2D eigenvalue weighted by Gasteiger charge is -1.91. The molecule has 18 heavy (non-hydrogen) atoms. The van der Waals surface area contributed by atoms with E-state index in [1.165, 1.54) is 23.5 Å². The van der Waals surface area contributed by atoms with Crippen molar-refractivity contribution in [2.24, 2.45) is 0 Å². The van der Waals surface area contributed by atoms with Gasteiger partial charge in [-0.25, -0.2) is 4.39 Å². The van der Waals surface area contributed by atoms with Gasteiger partial charge in [-0.3, -0.25) is 0 Å². The summed E-state index contributed by atoms with van der Waals surface area (Å²) in [5.41, 5.74) is 0. The van der Waals surface area contributed by atoms with Gasteiger partial charge >= 0.3 is 0 Å². The molecule has 3 aromatic rings. The summed E-state index contributed by atoms with van der Waals surface area (Å²) in [5, 5.41) is 8.44. The molecule has 0 saturated heterocycles. The zero-order valence-corrected chi connectivity index (χ0v) is 10.9. The lowest BCUT2D eigenvalue weighted by molar-refractivity contribution is 0.508. The Labute approximate surface area is 111 Å². The summed E-state index contributed by atoms with van der Waals surface area (Å²) >= 11 is 7.27. The van der Waals surface area contributed by atoms with Crippen molar-refractivity contribution in [3.8, 4) is 10.8 Å². The summed E-state index contributed by atoms with van der Waals surface area (Å²) in [6.07, 6.45) is 0. The van der Waals surface area contributed by atoms with Crippen LogP contribution in [0.5, 0.6) is 0 Å². The summed E-state index contributed by atoms with van der Waals surface area (Å²) in [4.78, 5) is 0.812. The maximum absolute atomic E-state index is 13.1. The molecule has 0 N–H and O–H groups in total. The van der Waals surface area contributed by atoms with Crippen LogP contribution in [0.15, 0.2) is 28.7 Å². The zero-order chi connectivity index (χ0) is 12.7. The molecule has 3 rings (SSSR count). The van der Waals surface area contributed by atoms with E-state index >= 15 is 0 Å². The van der Waals surface area contributed by atoms with Crippen LogP contribution in [-0.4, -0.2) is 10.2 Å². The van der Waals surface area contributed by atoms with Crippen molar-refractivity contribution < 1.29 is 8.81 Å². The molecule has 0 amide bonds. The van der Waals surface area contributed by atoms with Crippen LogP contribution in [0.4, 0.5) is 4.39 Å². The molecule has 2 aromatic heterocycles. The molecule has 0 radical (unpaired) electrons. The van der Waals surface area contributed by atoms with E-state index in [1.807, 2.05) is 6.07 Å². The highest BCUT2D eigenvalue weighted by atomic mass is 35.5. The highest BCUT2D eigenvalue weighted by Gasteiger charge is 2.14. The molecule has 0 spiro atoms. The molecule has 0 aliphatic carbocycles. The third-order valence-corrected chi connectivity index (χ3v) is 3.75. The topological polar surface area (TPSA) is 38.9 Å². The van der Waals surface area contributed by atoms with Gasteiger partial charge in [0.05, 0.1) is 4.88 Å². The molecule has 2 heterocycles. The first-order valence-electron chi connectivity index (χ1n) is 5.30. The van der Waals surface area contributed by atoms with E-state index < -0.39 is 0 Å². The average molecular weight is 283 g/mol. The fraction of sp³-hybridized carbons (Fsp3) is 0.167. The van der Waals surface area contributed by atoms with Crippen LogP contribution < -0.4 is 0 Å². The summed E-state index contributed by atoms with van der Waals surface area (Å²) in [5.74, 6) is 0.547. The van der Waals surface area contributed by atoms with E-state index in [1.54, 1.807) is 13.0 Å². The van der Waals surface area contributed by atoms with Crippen LogP contribution in [0, 0.1) is 5.82 Å². The van der Waals surface area contributed by atoms with Gasteiger partial charge < -0.3 is 4.42 Å². The second-order valence-corrected chi connectivity index (χ2v) is 5.59. The van der Waals surface area contributed by atoms with E-state index in [9.17, 15) is 4.39 Å². The van der Waals surface area contributed by atoms with E-state index in [0.717, 1.165) is 15.0 Å². The Morgan fingerprint density at radius 3 is 2.89 bits per heavy atom.